The molecule has 0 aliphatic rings. The molecule has 134 valence electrons. The number of rotatable bonds is 4. The molecule has 10 nitrogen and oxygen atoms in total. The lowest BCUT2D eigenvalue weighted by Crippen LogP contribution is -2.42. The van der Waals surface area contributed by atoms with E-state index in [1.165, 1.54) is 25.1 Å². The predicted octanol–water partition coefficient (Wildman–Crippen LogP) is 2.03. The second-order valence-electron chi connectivity index (χ2n) is 5.04. The fourth-order valence-electron chi connectivity index (χ4n) is 2.11. The van der Waals surface area contributed by atoms with Gasteiger partial charge in [-0.1, -0.05) is 12.1 Å². The van der Waals surface area contributed by atoms with Crippen molar-refractivity contribution >= 4 is 23.2 Å². The normalized spacial score (nSPS) is 10.1. The van der Waals surface area contributed by atoms with E-state index >= 15 is 0 Å². The topological polar surface area (TPSA) is 144 Å². The fraction of sp³-hybridized carbons (Fsp3) is 0.0667. The number of nitrogens with one attached hydrogen (secondary N) is 2. The molecule has 0 aromatic heterocycles. The number of hydrogen-bond acceptors (Lipinski definition) is 6. The Hall–Kier alpha value is -3.89. The quantitative estimate of drug-likeness (QED) is 0.629. The van der Waals surface area contributed by atoms with Gasteiger partial charge in [-0.3, -0.25) is 40.7 Å². The molecular formula is C15H11FN4O6. The first-order valence-electron chi connectivity index (χ1n) is 7.01. The van der Waals surface area contributed by atoms with E-state index in [2.05, 4.69) is 0 Å². The molecule has 2 amide bonds. The second-order valence-corrected chi connectivity index (χ2v) is 5.04. The largest absolute Gasteiger partial charge is 0.279 e. The first-order chi connectivity index (χ1) is 12.2. The van der Waals surface area contributed by atoms with Gasteiger partial charge in [0.15, 0.2) is 0 Å². The highest BCUT2D eigenvalue weighted by Crippen LogP contribution is 2.27. The van der Waals surface area contributed by atoms with Crippen molar-refractivity contribution in [2.45, 2.75) is 6.92 Å². The maximum Gasteiger partial charge on any atom is 0.279 e. The minimum atomic E-state index is -1.03. The number of non-ortho nitro benzene ring substituents is 1. The third kappa shape index (κ3) is 3.77. The Kier molecular flexibility index (Phi) is 5.21. The molecule has 0 atom stereocenters. The van der Waals surface area contributed by atoms with Crippen LogP contribution in [0.1, 0.15) is 26.3 Å². The van der Waals surface area contributed by atoms with E-state index < -0.39 is 38.9 Å². The molecule has 0 radical (unpaired) electrons. The molecule has 0 bridgehead atoms. The molecule has 2 N–H and O–H groups in total. The van der Waals surface area contributed by atoms with Crippen molar-refractivity contribution < 1.29 is 23.8 Å². The number of benzene rings is 2. The van der Waals surface area contributed by atoms with Gasteiger partial charge in [0.2, 0.25) is 0 Å². The molecule has 2 aromatic rings. The van der Waals surface area contributed by atoms with Crippen molar-refractivity contribution in [1.82, 2.24) is 10.9 Å². The molecule has 0 unspecified atom stereocenters. The summed E-state index contributed by atoms with van der Waals surface area (Å²) >= 11 is 0. The number of hydrogen-bond donors (Lipinski definition) is 2. The van der Waals surface area contributed by atoms with E-state index in [4.69, 9.17) is 0 Å². The van der Waals surface area contributed by atoms with Crippen LogP contribution >= 0.6 is 0 Å². The first kappa shape index (κ1) is 18.4. The van der Waals surface area contributed by atoms with Gasteiger partial charge in [-0.15, -0.1) is 0 Å². The molecule has 26 heavy (non-hydrogen) atoms. The number of amides is 2. The van der Waals surface area contributed by atoms with Gasteiger partial charge >= 0.3 is 0 Å². The van der Waals surface area contributed by atoms with Gasteiger partial charge in [0.1, 0.15) is 5.82 Å². The maximum absolute atomic E-state index is 13.5. The molecular weight excluding hydrogens is 351 g/mol. The SMILES string of the molecule is Cc1c(C(=O)NNC(=O)c2ccccc2F)cc([N+](=O)[O-])cc1[N+](=O)[O-]. The Labute approximate surface area is 144 Å². The zero-order chi connectivity index (χ0) is 19.4. The molecule has 2 rings (SSSR count). The average Bonchev–Trinajstić information content (AvgIpc) is 2.59. The van der Waals surface area contributed by atoms with Gasteiger partial charge in [-0.25, -0.2) is 4.39 Å². The highest BCUT2D eigenvalue weighted by molar-refractivity contribution is 6.00. The Morgan fingerprint density at radius 2 is 1.54 bits per heavy atom. The Balaban J connectivity index is 2.27. The van der Waals surface area contributed by atoms with E-state index in [1.807, 2.05) is 10.9 Å². The molecule has 0 aliphatic carbocycles. The Morgan fingerprint density at radius 3 is 2.08 bits per heavy atom. The minimum Gasteiger partial charge on any atom is -0.267 e. The summed E-state index contributed by atoms with van der Waals surface area (Å²) in [4.78, 5) is 44.2. The van der Waals surface area contributed by atoms with Gasteiger partial charge in [-0.05, 0) is 19.1 Å². The minimum absolute atomic E-state index is 0.127. The van der Waals surface area contributed by atoms with Gasteiger partial charge in [0, 0.05) is 11.6 Å². The van der Waals surface area contributed by atoms with Crippen molar-refractivity contribution in [3.05, 3.63) is 79.1 Å². The lowest BCUT2D eigenvalue weighted by atomic mass is 10.1. The molecule has 0 saturated carbocycles. The smallest absolute Gasteiger partial charge is 0.267 e. The third-order valence-electron chi connectivity index (χ3n) is 3.43. The number of nitro benzene ring substituents is 2. The van der Waals surface area contributed by atoms with Crippen molar-refractivity contribution in [2.75, 3.05) is 0 Å². The second kappa shape index (κ2) is 7.34. The van der Waals surface area contributed by atoms with Crippen LogP contribution in [-0.4, -0.2) is 21.7 Å². The van der Waals surface area contributed by atoms with Crippen LogP contribution in [0.3, 0.4) is 0 Å². The lowest BCUT2D eigenvalue weighted by molar-refractivity contribution is -0.394. The number of carbonyl (C=O) groups is 2. The van der Waals surface area contributed by atoms with Gasteiger partial charge in [0.05, 0.1) is 27.0 Å². The van der Waals surface area contributed by atoms with Crippen LogP contribution in [0.25, 0.3) is 0 Å². The van der Waals surface area contributed by atoms with Crippen LogP contribution in [0, 0.1) is 33.0 Å². The zero-order valence-corrected chi connectivity index (χ0v) is 13.2. The van der Waals surface area contributed by atoms with Crippen molar-refractivity contribution in [3.63, 3.8) is 0 Å². The third-order valence-corrected chi connectivity index (χ3v) is 3.43. The summed E-state index contributed by atoms with van der Waals surface area (Å²) in [5, 5.41) is 21.9. The summed E-state index contributed by atoms with van der Waals surface area (Å²) in [5.41, 5.74) is 1.77. The summed E-state index contributed by atoms with van der Waals surface area (Å²) in [6.45, 7) is 1.23. The molecule has 0 aliphatic heterocycles. The summed E-state index contributed by atoms with van der Waals surface area (Å²) < 4.78 is 13.5. The highest BCUT2D eigenvalue weighted by Gasteiger charge is 2.25. The Morgan fingerprint density at radius 1 is 0.962 bits per heavy atom. The highest BCUT2D eigenvalue weighted by atomic mass is 19.1. The van der Waals surface area contributed by atoms with Crippen molar-refractivity contribution in [2.24, 2.45) is 0 Å². The molecule has 2 aromatic carbocycles. The first-order valence-corrected chi connectivity index (χ1v) is 7.01. The van der Waals surface area contributed by atoms with Crippen LogP contribution in [0.2, 0.25) is 0 Å². The van der Waals surface area contributed by atoms with Crippen LogP contribution in [-0.2, 0) is 0 Å². The lowest BCUT2D eigenvalue weighted by Gasteiger charge is -2.10. The van der Waals surface area contributed by atoms with Crippen LogP contribution in [0.5, 0.6) is 0 Å². The number of hydrazine groups is 1. The molecule has 0 saturated heterocycles. The van der Waals surface area contributed by atoms with Crippen LogP contribution in [0.4, 0.5) is 15.8 Å². The van der Waals surface area contributed by atoms with Crippen molar-refractivity contribution in [3.8, 4) is 0 Å². The molecule has 0 spiro atoms. The van der Waals surface area contributed by atoms with E-state index in [1.54, 1.807) is 0 Å². The molecule has 11 heteroatoms. The van der Waals surface area contributed by atoms with Crippen LogP contribution < -0.4 is 10.9 Å². The van der Waals surface area contributed by atoms with Gasteiger partial charge in [-0.2, -0.15) is 0 Å². The standard InChI is InChI=1S/C15H11FN4O6/c1-8-11(6-9(19(23)24)7-13(8)20(25)26)15(22)18-17-14(21)10-4-2-3-5-12(10)16/h2-7H,1H3,(H,17,21)(H,18,22). The monoisotopic (exact) mass is 362 g/mol. The zero-order valence-electron chi connectivity index (χ0n) is 13.2. The fourth-order valence-corrected chi connectivity index (χ4v) is 2.11. The number of nitrogens with zero attached hydrogens (tertiary/aromatic N) is 2. The van der Waals surface area contributed by atoms with E-state index in [0.29, 0.717) is 0 Å². The van der Waals surface area contributed by atoms with Gasteiger partial charge < -0.3 is 0 Å². The van der Waals surface area contributed by atoms with E-state index in [-0.39, 0.29) is 16.7 Å². The summed E-state index contributed by atoms with van der Waals surface area (Å²) in [6, 6.07) is 6.58. The van der Waals surface area contributed by atoms with E-state index in [0.717, 1.165) is 18.2 Å². The maximum atomic E-state index is 13.5. The number of halogens is 1. The van der Waals surface area contributed by atoms with Crippen LogP contribution in [0.15, 0.2) is 36.4 Å². The summed E-state index contributed by atoms with van der Waals surface area (Å²) in [6.07, 6.45) is 0. The summed E-state index contributed by atoms with van der Waals surface area (Å²) in [7, 11) is 0. The van der Waals surface area contributed by atoms with Gasteiger partial charge in [0.25, 0.3) is 23.2 Å². The summed E-state index contributed by atoms with van der Waals surface area (Å²) in [5.74, 6) is -2.81. The number of nitro groups is 2. The Bertz CT molecular complexity index is 930. The predicted molar refractivity (Wildman–Crippen MR) is 85.8 cm³/mol. The van der Waals surface area contributed by atoms with E-state index in [9.17, 15) is 34.2 Å². The molecule has 0 heterocycles. The molecule has 0 fully saturated rings. The average molecular weight is 362 g/mol. The number of carbonyl (C=O) groups excluding carboxylic acids is 2. The van der Waals surface area contributed by atoms with Crippen molar-refractivity contribution in [1.29, 1.82) is 0 Å².